The third-order valence-corrected chi connectivity index (χ3v) is 4.06. The molecule has 76 valence electrons. The minimum atomic E-state index is 0.329. The van der Waals surface area contributed by atoms with Crippen LogP contribution in [0.4, 0.5) is 0 Å². The van der Waals surface area contributed by atoms with Crippen molar-refractivity contribution >= 4 is 11.8 Å². The fourth-order valence-corrected chi connectivity index (χ4v) is 3.00. The predicted molar refractivity (Wildman–Crippen MR) is 63.9 cm³/mol. The monoisotopic (exact) mass is 207 g/mol. The lowest BCUT2D eigenvalue weighted by Gasteiger charge is -2.29. The van der Waals surface area contributed by atoms with Gasteiger partial charge in [0.15, 0.2) is 0 Å². The van der Waals surface area contributed by atoms with E-state index in [0.29, 0.717) is 6.04 Å². The second-order valence-electron chi connectivity index (χ2n) is 4.11. The molecule has 1 aromatic rings. The molecule has 14 heavy (non-hydrogen) atoms. The number of rotatable bonds is 4. The number of hydrogen-bond donors (Lipinski definition) is 1. The molecule has 0 amide bonds. The van der Waals surface area contributed by atoms with Crippen molar-refractivity contribution in [1.29, 1.82) is 0 Å². The number of hydrogen-bond acceptors (Lipinski definition) is 2. The predicted octanol–water partition coefficient (Wildman–Crippen LogP) is 2.41. The summed E-state index contributed by atoms with van der Waals surface area (Å²) in [4.78, 5) is 0. The molecule has 1 nitrogen and oxygen atoms in total. The van der Waals surface area contributed by atoms with Crippen LogP contribution in [0.5, 0.6) is 0 Å². The second-order valence-corrected chi connectivity index (χ2v) is 5.19. The molecule has 1 aromatic carbocycles. The number of nitrogens with two attached hydrogens (primary N) is 1. The summed E-state index contributed by atoms with van der Waals surface area (Å²) in [6.45, 7) is 2.07. The van der Waals surface area contributed by atoms with Gasteiger partial charge in [0.1, 0.15) is 0 Å². The van der Waals surface area contributed by atoms with Gasteiger partial charge in [0.05, 0.1) is 0 Å². The molecule has 2 unspecified atom stereocenters. The fraction of sp³-hybridized carbons (Fsp3) is 0.500. The van der Waals surface area contributed by atoms with E-state index in [4.69, 9.17) is 5.73 Å². The van der Waals surface area contributed by atoms with Crippen molar-refractivity contribution in [3.63, 3.8) is 0 Å². The van der Waals surface area contributed by atoms with Crippen molar-refractivity contribution in [2.45, 2.75) is 25.3 Å². The lowest BCUT2D eigenvalue weighted by atomic mass is 9.79. The Hall–Kier alpha value is -0.470. The van der Waals surface area contributed by atoms with Crippen LogP contribution in [0, 0.1) is 0 Å². The highest BCUT2D eigenvalue weighted by Gasteiger charge is 2.24. The Labute approximate surface area is 90.1 Å². The molecule has 2 atom stereocenters. The minimum Gasteiger partial charge on any atom is -0.327 e. The van der Waals surface area contributed by atoms with E-state index in [1.54, 1.807) is 11.1 Å². The van der Waals surface area contributed by atoms with Crippen molar-refractivity contribution in [3.8, 4) is 0 Å². The van der Waals surface area contributed by atoms with E-state index in [-0.39, 0.29) is 0 Å². The molecular formula is C12H17NS. The molecule has 0 heterocycles. The smallest absolute Gasteiger partial charge is 0.0101 e. The van der Waals surface area contributed by atoms with Crippen molar-refractivity contribution < 1.29 is 0 Å². The molecule has 0 saturated carbocycles. The zero-order chi connectivity index (χ0) is 9.97. The van der Waals surface area contributed by atoms with Crippen LogP contribution in [0.3, 0.4) is 0 Å². The summed E-state index contributed by atoms with van der Waals surface area (Å²) < 4.78 is 0. The van der Waals surface area contributed by atoms with Crippen molar-refractivity contribution in [2.24, 2.45) is 5.73 Å². The maximum atomic E-state index is 5.71. The van der Waals surface area contributed by atoms with Crippen LogP contribution in [0.25, 0.3) is 0 Å². The molecule has 0 spiro atoms. The van der Waals surface area contributed by atoms with E-state index in [1.807, 2.05) is 11.8 Å². The molecular weight excluding hydrogens is 190 g/mol. The van der Waals surface area contributed by atoms with Crippen molar-refractivity contribution in [3.05, 3.63) is 35.4 Å². The van der Waals surface area contributed by atoms with Gasteiger partial charge in [0.2, 0.25) is 0 Å². The van der Waals surface area contributed by atoms with Gasteiger partial charge in [-0.2, -0.15) is 11.8 Å². The molecule has 1 aliphatic rings. The normalized spacial score (nSPS) is 21.1. The summed E-state index contributed by atoms with van der Waals surface area (Å²) in [6, 6.07) is 9.10. The topological polar surface area (TPSA) is 26.0 Å². The molecule has 1 aliphatic carbocycles. The number of fused-ring (bicyclic) bond motifs is 1. The summed E-state index contributed by atoms with van der Waals surface area (Å²) in [6.07, 6.45) is 1.27. The van der Waals surface area contributed by atoms with Crippen LogP contribution in [0.1, 0.15) is 24.0 Å². The third kappa shape index (κ3) is 2.12. The van der Waals surface area contributed by atoms with E-state index in [9.17, 15) is 0 Å². The lowest BCUT2D eigenvalue weighted by molar-refractivity contribution is 0.676. The molecule has 0 aromatic heterocycles. The van der Waals surface area contributed by atoms with Crippen molar-refractivity contribution in [1.82, 2.24) is 0 Å². The average molecular weight is 207 g/mol. The summed E-state index contributed by atoms with van der Waals surface area (Å²) >= 11 is 1.98. The van der Waals surface area contributed by atoms with Gasteiger partial charge in [0.25, 0.3) is 0 Å². The third-order valence-electron chi connectivity index (χ3n) is 2.66. The first kappa shape index (κ1) is 10.1. The highest BCUT2D eigenvalue weighted by Crippen LogP contribution is 2.36. The van der Waals surface area contributed by atoms with Gasteiger partial charge in [-0.05, 0) is 30.4 Å². The minimum absolute atomic E-state index is 0.329. The average Bonchev–Trinajstić information content (AvgIpc) is 2.12. The maximum absolute atomic E-state index is 5.71. The Morgan fingerprint density at radius 1 is 1.50 bits per heavy atom. The molecule has 0 aliphatic heterocycles. The van der Waals surface area contributed by atoms with Crippen molar-refractivity contribution in [2.75, 3.05) is 11.5 Å². The quantitative estimate of drug-likeness (QED) is 0.820. The zero-order valence-electron chi connectivity index (χ0n) is 8.57. The van der Waals surface area contributed by atoms with E-state index < -0.39 is 0 Å². The zero-order valence-corrected chi connectivity index (χ0v) is 9.39. The first-order valence-corrected chi connectivity index (χ1v) is 6.34. The van der Waals surface area contributed by atoms with Gasteiger partial charge in [-0.3, -0.25) is 0 Å². The van der Waals surface area contributed by atoms with Crippen LogP contribution < -0.4 is 5.73 Å². The summed E-state index contributed by atoms with van der Waals surface area (Å²) in [5.74, 6) is 3.10. The molecule has 0 radical (unpaired) electrons. The maximum Gasteiger partial charge on any atom is 0.0101 e. The van der Waals surface area contributed by atoms with Crippen LogP contribution in [0.15, 0.2) is 24.3 Å². The summed E-state index contributed by atoms with van der Waals surface area (Å²) in [5.41, 5.74) is 8.81. The molecule has 2 rings (SSSR count). The first-order valence-electron chi connectivity index (χ1n) is 5.18. The van der Waals surface area contributed by atoms with E-state index in [2.05, 4.69) is 31.2 Å². The van der Waals surface area contributed by atoms with E-state index in [0.717, 1.165) is 11.7 Å². The van der Waals surface area contributed by atoms with Crippen LogP contribution in [0.2, 0.25) is 0 Å². The van der Waals surface area contributed by atoms with Crippen LogP contribution >= 0.6 is 11.8 Å². The standard InChI is InChI=1S/C12H17NS/c1-9(13)7-14-8-11-6-10-4-2-3-5-12(10)11/h2-5,9,11H,6-8,13H2,1H3. The van der Waals surface area contributed by atoms with Gasteiger partial charge >= 0.3 is 0 Å². The molecule has 2 heteroatoms. The first-order chi connectivity index (χ1) is 6.77. The van der Waals surface area contributed by atoms with Crippen LogP contribution in [-0.2, 0) is 6.42 Å². The van der Waals surface area contributed by atoms with Crippen LogP contribution in [-0.4, -0.2) is 17.5 Å². The molecule has 0 bridgehead atoms. The van der Waals surface area contributed by atoms with Gasteiger partial charge in [-0.25, -0.2) is 0 Å². The van der Waals surface area contributed by atoms with Gasteiger partial charge in [-0.15, -0.1) is 0 Å². The Bertz CT molecular complexity index is 309. The number of thioether (sulfide) groups is 1. The van der Waals surface area contributed by atoms with E-state index >= 15 is 0 Å². The largest absolute Gasteiger partial charge is 0.327 e. The Kier molecular flexibility index (Phi) is 3.14. The molecule has 0 saturated heterocycles. The number of benzene rings is 1. The Morgan fingerprint density at radius 3 is 3.00 bits per heavy atom. The molecule has 0 fully saturated rings. The fourth-order valence-electron chi connectivity index (χ4n) is 1.91. The van der Waals surface area contributed by atoms with Gasteiger partial charge in [0, 0.05) is 17.5 Å². The Morgan fingerprint density at radius 2 is 2.29 bits per heavy atom. The van der Waals surface area contributed by atoms with E-state index in [1.165, 1.54) is 12.2 Å². The van der Waals surface area contributed by atoms with Gasteiger partial charge in [-0.1, -0.05) is 24.3 Å². The Balaban J connectivity index is 1.81. The second kappa shape index (κ2) is 4.37. The summed E-state index contributed by atoms with van der Waals surface area (Å²) in [5, 5.41) is 0. The van der Waals surface area contributed by atoms with Gasteiger partial charge < -0.3 is 5.73 Å². The lowest BCUT2D eigenvalue weighted by Crippen LogP contribution is -2.22. The highest BCUT2D eigenvalue weighted by atomic mass is 32.2. The SMILES string of the molecule is CC(N)CSCC1Cc2ccccc21. The molecule has 2 N–H and O–H groups in total. The highest BCUT2D eigenvalue weighted by molar-refractivity contribution is 7.99. The summed E-state index contributed by atoms with van der Waals surface area (Å²) in [7, 11) is 0.